The topological polar surface area (TPSA) is 124 Å². The smallest absolute Gasteiger partial charge is 0.262 e. The van der Waals surface area contributed by atoms with Crippen molar-refractivity contribution < 1.29 is 32.1 Å². The first-order valence-corrected chi connectivity index (χ1v) is 11.9. The fourth-order valence-corrected chi connectivity index (χ4v) is 4.76. The highest BCUT2D eigenvalue weighted by atomic mass is 32.2. The number of rotatable bonds is 8. The van der Waals surface area contributed by atoms with E-state index in [9.17, 15) is 27.9 Å². The van der Waals surface area contributed by atoms with Gasteiger partial charge in [0, 0.05) is 13.0 Å². The van der Waals surface area contributed by atoms with Gasteiger partial charge in [-0.3, -0.25) is 33.2 Å². The Balaban J connectivity index is 1.44. The molecule has 1 fully saturated rings. The second-order valence-electron chi connectivity index (χ2n) is 8.31. The zero-order chi connectivity index (χ0) is 24.4. The van der Waals surface area contributed by atoms with Crippen LogP contribution in [0.15, 0.2) is 48.5 Å². The van der Waals surface area contributed by atoms with Gasteiger partial charge in [-0.15, -0.1) is 0 Å². The maximum atomic E-state index is 13.2. The van der Waals surface area contributed by atoms with E-state index in [1.54, 1.807) is 24.3 Å². The number of likely N-dealkylation sites (tertiary alicyclic amines) is 1. The Morgan fingerprint density at radius 1 is 1.03 bits per heavy atom. The third-order valence-electron chi connectivity index (χ3n) is 6.11. The molecule has 1 saturated heterocycles. The van der Waals surface area contributed by atoms with Crippen molar-refractivity contribution in [2.24, 2.45) is 0 Å². The Kier molecular flexibility index (Phi) is 7.01. The average molecular weight is 484 g/mol. The monoisotopic (exact) mass is 483 g/mol. The van der Waals surface area contributed by atoms with Gasteiger partial charge in [0.2, 0.25) is 5.91 Å². The van der Waals surface area contributed by atoms with Crippen LogP contribution in [0.2, 0.25) is 0 Å². The summed E-state index contributed by atoms with van der Waals surface area (Å²) >= 11 is -2.74. The fourth-order valence-electron chi connectivity index (χ4n) is 4.37. The lowest BCUT2D eigenvalue weighted by atomic mass is 10.0. The van der Waals surface area contributed by atoms with Gasteiger partial charge in [-0.05, 0) is 43.9 Å². The lowest BCUT2D eigenvalue weighted by Gasteiger charge is -2.34. The van der Waals surface area contributed by atoms with Crippen molar-refractivity contribution in [3.63, 3.8) is 0 Å². The zero-order valence-electron chi connectivity index (χ0n) is 18.5. The first-order valence-electron chi connectivity index (χ1n) is 10.9. The minimum Gasteiger partial charge on any atom is -0.750 e. The first-order chi connectivity index (χ1) is 16.3. The number of imide groups is 2. The van der Waals surface area contributed by atoms with Crippen molar-refractivity contribution >= 4 is 35.0 Å². The summed E-state index contributed by atoms with van der Waals surface area (Å²) in [5.74, 6) is -2.08. The van der Waals surface area contributed by atoms with Gasteiger partial charge in [-0.25, -0.2) is 4.21 Å². The van der Waals surface area contributed by atoms with E-state index in [0.717, 1.165) is 15.4 Å². The van der Waals surface area contributed by atoms with Crippen molar-refractivity contribution in [2.75, 3.05) is 6.54 Å². The molecule has 0 saturated carbocycles. The number of nitrogens with zero attached hydrogens (tertiary/aromatic N) is 2. The van der Waals surface area contributed by atoms with Crippen molar-refractivity contribution in [3.05, 3.63) is 70.8 Å². The summed E-state index contributed by atoms with van der Waals surface area (Å²) in [7, 11) is 0. The van der Waals surface area contributed by atoms with Gasteiger partial charge >= 0.3 is 0 Å². The van der Waals surface area contributed by atoms with Gasteiger partial charge in [-0.2, -0.15) is 0 Å². The van der Waals surface area contributed by atoms with Crippen LogP contribution in [0.4, 0.5) is 0 Å². The van der Waals surface area contributed by atoms with Gasteiger partial charge in [0.1, 0.15) is 6.04 Å². The Labute approximate surface area is 199 Å². The summed E-state index contributed by atoms with van der Waals surface area (Å²) in [6.07, 6.45) is -0.148. The number of aryl methyl sites for hydroxylation is 1. The van der Waals surface area contributed by atoms with Crippen molar-refractivity contribution in [3.8, 4) is 0 Å². The van der Waals surface area contributed by atoms with Crippen molar-refractivity contribution in [1.29, 1.82) is 0 Å². The summed E-state index contributed by atoms with van der Waals surface area (Å²) < 4.78 is 27.3. The van der Waals surface area contributed by atoms with Crippen molar-refractivity contribution in [1.82, 2.24) is 9.80 Å². The maximum absolute atomic E-state index is 13.2. The van der Waals surface area contributed by atoms with Crippen LogP contribution < -0.4 is 0 Å². The largest absolute Gasteiger partial charge is 0.750 e. The molecule has 3 unspecified atom stereocenters. The van der Waals surface area contributed by atoms with E-state index in [4.69, 9.17) is 4.18 Å². The van der Waals surface area contributed by atoms with E-state index < -0.39 is 47.1 Å². The van der Waals surface area contributed by atoms with Gasteiger partial charge in [-0.1, -0.05) is 42.0 Å². The molecule has 2 aromatic carbocycles. The van der Waals surface area contributed by atoms with E-state index >= 15 is 0 Å². The molecule has 0 aromatic heterocycles. The second kappa shape index (κ2) is 9.96. The molecule has 4 rings (SSSR count). The Hall–Kier alpha value is -3.21. The van der Waals surface area contributed by atoms with Crippen LogP contribution in [0.3, 0.4) is 0 Å². The standard InChI is InChI=1S/C24H24N2O7S/c1-15-8-10-16(11-9-15)20(33-34(31)32)7-4-14-25-21(27)13-12-19(24(25)30)26-22(28)17-5-2-3-6-18(17)23(26)29/h2-3,5-6,8-11,19-20H,4,7,12-14H2,1H3,(H,31,32)/p-1. The van der Waals surface area contributed by atoms with Gasteiger partial charge in [0.15, 0.2) is 0 Å². The summed E-state index contributed by atoms with van der Waals surface area (Å²) in [5.41, 5.74) is 2.16. The van der Waals surface area contributed by atoms with Gasteiger partial charge in [0.05, 0.1) is 28.6 Å². The van der Waals surface area contributed by atoms with Crippen molar-refractivity contribution in [2.45, 2.75) is 44.8 Å². The average Bonchev–Trinajstić information content (AvgIpc) is 3.06. The molecule has 178 valence electrons. The van der Waals surface area contributed by atoms with Crippen LogP contribution in [0.1, 0.15) is 63.6 Å². The molecule has 2 aliphatic rings. The Morgan fingerprint density at radius 3 is 2.24 bits per heavy atom. The highest BCUT2D eigenvalue weighted by Gasteiger charge is 2.46. The van der Waals surface area contributed by atoms with E-state index in [-0.39, 0.29) is 43.4 Å². The number of piperidine rings is 1. The summed E-state index contributed by atoms with van der Waals surface area (Å²) in [6.45, 7) is 1.93. The SMILES string of the molecule is Cc1ccc(C(CCCN2C(=O)CCC(N3C(=O)c4ccccc4C3=O)C2=O)OS(=O)[O-])cc1. The van der Waals surface area contributed by atoms with Crippen LogP contribution in [0, 0.1) is 6.92 Å². The maximum Gasteiger partial charge on any atom is 0.262 e. The highest BCUT2D eigenvalue weighted by molar-refractivity contribution is 7.74. The molecule has 0 N–H and O–H groups in total. The lowest BCUT2D eigenvalue weighted by Crippen LogP contribution is -2.56. The molecule has 0 radical (unpaired) electrons. The van der Waals surface area contributed by atoms with Crippen LogP contribution in [-0.2, 0) is 25.1 Å². The molecule has 2 aromatic rings. The normalized spacial score (nSPS) is 20.0. The minimum atomic E-state index is -2.74. The molecule has 0 spiro atoms. The first kappa shape index (κ1) is 23.9. The zero-order valence-corrected chi connectivity index (χ0v) is 19.3. The third kappa shape index (κ3) is 4.70. The van der Waals surface area contributed by atoms with E-state index in [0.29, 0.717) is 5.56 Å². The molecule has 2 aliphatic heterocycles. The molecule has 0 bridgehead atoms. The molecule has 4 amide bonds. The number of hydrogen-bond acceptors (Lipinski definition) is 7. The van der Waals surface area contributed by atoms with E-state index in [1.807, 2.05) is 19.1 Å². The molecule has 10 heteroatoms. The Morgan fingerprint density at radius 2 is 1.65 bits per heavy atom. The van der Waals surface area contributed by atoms with E-state index in [1.165, 1.54) is 12.1 Å². The lowest BCUT2D eigenvalue weighted by molar-refractivity contribution is -0.151. The number of carbonyl (C=O) groups excluding carboxylic acids is 4. The number of hydrogen-bond donors (Lipinski definition) is 0. The van der Waals surface area contributed by atoms with Gasteiger partial charge in [0.25, 0.3) is 17.7 Å². The molecule has 34 heavy (non-hydrogen) atoms. The van der Waals surface area contributed by atoms with Crippen LogP contribution in [-0.4, -0.2) is 54.8 Å². The Bertz CT molecular complexity index is 1130. The van der Waals surface area contributed by atoms with E-state index in [2.05, 4.69) is 0 Å². The highest BCUT2D eigenvalue weighted by Crippen LogP contribution is 2.30. The molecule has 0 aliphatic carbocycles. The number of carbonyl (C=O) groups is 4. The third-order valence-corrected chi connectivity index (χ3v) is 6.50. The quantitative estimate of drug-likeness (QED) is 0.417. The molecule has 9 nitrogen and oxygen atoms in total. The molecule has 2 heterocycles. The minimum absolute atomic E-state index is 0.0201. The van der Waals surface area contributed by atoms with Crippen LogP contribution in [0.5, 0.6) is 0 Å². The summed E-state index contributed by atoms with van der Waals surface area (Å²) in [6, 6.07) is 12.5. The number of amides is 4. The molecular weight excluding hydrogens is 460 g/mol. The predicted octanol–water partition coefficient (Wildman–Crippen LogP) is 2.44. The summed E-state index contributed by atoms with van der Waals surface area (Å²) in [4.78, 5) is 53.3. The number of fused-ring (bicyclic) bond motifs is 1. The molecular formula is C24H23N2O7S-. The van der Waals surface area contributed by atoms with Crippen LogP contribution >= 0.6 is 0 Å². The fraction of sp³-hybridized carbons (Fsp3) is 0.333. The predicted molar refractivity (Wildman–Crippen MR) is 120 cm³/mol. The van der Waals surface area contributed by atoms with Crippen LogP contribution in [0.25, 0.3) is 0 Å². The molecule has 3 atom stereocenters. The number of benzene rings is 2. The second-order valence-corrected chi connectivity index (χ2v) is 8.91. The van der Waals surface area contributed by atoms with Gasteiger partial charge < -0.3 is 4.55 Å². The summed E-state index contributed by atoms with van der Waals surface area (Å²) in [5, 5.41) is 0.